The van der Waals surface area contributed by atoms with E-state index in [0.29, 0.717) is 24.0 Å². The zero-order chi connectivity index (χ0) is 15.7. The average molecular weight is 286 g/mol. The number of benzene rings is 1. The summed E-state index contributed by atoms with van der Waals surface area (Å²) in [5, 5.41) is 3.21. The van der Waals surface area contributed by atoms with Crippen molar-refractivity contribution in [3.63, 3.8) is 0 Å². The highest BCUT2D eigenvalue weighted by Crippen LogP contribution is 2.09. The summed E-state index contributed by atoms with van der Waals surface area (Å²) in [5.41, 5.74) is 1.87. The predicted molar refractivity (Wildman–Crippen MR) is 85.4 cm³/mol. The maximum absolute atomic E-state index is 12.3. The molecule has 0 fully saturated rings. The van der Waals surface area contributed by atoms with Crippen molar-refractivity contribution in [2.45, 2.75) is 13.8 Å². The van der Waals surface area contributed by atoms with Crippen LogP contribution in [0.4, 0.5) is 0 Å². The van der Waals surface area contributed by atoms with Gasteiger partial charge in [-0.15, -0.1) is 0 Å². The predicted octanol–water partition coefficient (Wildman–Crippen LogP) is 2.64. The first-order valence-electron chi connectivity index (χ1n) is 7.00. The molecule has 1 aromatic carbocycles. The molecule has 0 bridgehead atoms. The van der Waals surface area contributed by atoms with Gasteiger partial charge in [0.1, 0.15) is 0 Å². The molecule has 4 nitrogen and oxygen atoms in total. The molecule has 0 saturated heterocycles. The van der Waals surface area contributed by atoms with E-state index in [4.69, 9.17) is 0 Å². The van der Waals surface area contributed by atoms with Crippen LogP contribution in [0, 0.1) is 0 Å². The van der Waals surface area contributed by atoms with Crippen LogP contribution in [0.15, 0.2) is 48.2 Å². The third-order valence-corrected chi connectivity index (χ3v) is 3.03. The van der Waals surface area contributed by atoms with Gasteiger partial charge in [0.2, 0.25) is 0 Å². The third kappa shape index (κ3) is 4.91. The summed E-state index contributed by atoms with van der Waals surface area (Å²) in [4.78, 5) is 24.8. The second-order valence-corrected chi connectivity index (χ2v) is 4.57. The molecule has 1 rings (SSSR count). The van der Waals surface area contributed by atoms with E-state index in [1.807, 2.05) is 32.1 Å². The van der Waals surface area contributed by atoms with Crippen LogP contribution in [0.3, 0.4) is 0 Å². The highest BCUT2D eigenvalue weighted by Gasteiger charge is 2.13. The van der Waals surface area contributed by atoms with Crippen LogP contribution in [0.5, 0.6) is 0 Å². The fourth-order valence-corrected chi connectivity index (χ4v) is 1.88. The first kappa shape index (κ1) is 16.7. The van der Waals surface area contributed by atoms with Crippen LogP contribution < -0.4 is 5.32 Å². The Kier molecular flexibility index (Phi) is 6.95. The summed E-state index contributed by atoms with van der Waals surface area (Å²) in [6, 6.07) is 6.82. The summed E-state index contributed by atoms with van der Waals surface area (Å²) in [6.07, 6.45) is 6.54. The van der Waals surface area contributed by atoms with Crippen LogP contribution in [-0.4, -0.2) is 37.2 Å². The van der Waals surface area contributed by atoms with Crippen molar-refractivity contribution in [3.8, 4) is 0 Å². The van der Waals surface area contributed by atoms with E-state index in [1.54, 1.807) is 36.2 Å². The summed E-state index contributed by atoms with van der Waals surface area (Å²) < 4.78 is 0. The maximum atomic E-state index is 12.3. The fraction of sp³-hybridized carbons (Fsp3) is 0.294. The number of carbonyl (C=O) groups excluding carboxylic acids is 2. The minimum absolute atomic E-state index is 0.159. The van der Waals surface area contributed by atoms with E-state index in [2.05, 4.69) is 5.32 Å². The number of likely N-dealkylation sites (N-methyl/N-ethyl adjacent to an activating group) is 2. The molecule has 1 N–H and O–H groups in total. The van der Waals surface area contributed by atoms with Crippen molar-refractivity contribution in [2.24, 2.45) is 0 Å². The van der Waals surface area contributed by atoms with Crippen molar-refractivity contribution >= 4 is 12.2 Å². The van der Waals surface area contributed by atoms with Crippen molar-refractivity contribution in [2.75, 3.05) is 20.1 Å². The lowest BCUT2D eigenvalue weighted by Crippen LogP contribution is -2.27. The summed E-state index contributed by atoms with van der Waals surface area (Å²) in [5.74, 6) is -0.159. The zero-order valence-corrected chi connectivity index (χ0v) is 12.8. The number of carbonyl (C=O) groups is 2. The maximum Gasteiger partial charge on any atom is 0.254 e. The molecule has 0 aliphatic heterocycles. The molecule has 0 saturated carbocycles. The van der Waals surface area contributed by atoms with Gasteiger partial charge < -0.3 is 10.2 Å². The average Bonchev–Trinajstić information content (AvgIpc) is 2.53. The minimum Gasteiger partial charge on any atom is -0.386 e. The lowest BCUT2D eigenvalue weighted by molar-refractivity contribution is 0.0807. The van der Waals surface area contributed by atoms with Gasteiger partial charge in [-0.2, -0.15) is 0 Å². The Morgan fingerprint density at radius 1 is 1.33 bits per heavy atom. The third-order valence-electron chi connectivity index (χ3n) is 3.03. The molecule has 1 aromatic rings. The molecular weight excluding hydrogens is 264 g/mol. The highest BCUT2D eigenvalue weighted by molar-refractivity contribution is 6.01. The smallest absolute Gasteiger partial charge is 0.254 e. The van der Waals surface area contributed by atoms with Gasteiger partial charge in [-0.1, -0.05) is 30.4 Å². The van der Waals surface area contributed by atoms with E-state index < -0.39 is 0 Å². The topological polar surface area (TPSA) is 49.4 Å². The van der Waals surface area contributed by atoms with E-state index in [1.165, 1.54) is 0 Å². The first-order chi connectivity index (χ1) is 10.1. The van der Waals surface area contributed by atoms with Crippen molar-refractivity contribution in [3.05, 3.63) is 59.3 Å². The molecule has 0 aliphatic carbocycles. The normalized spacial score (nSPS) is 11.5. The molecule has 112 valence electrons. The Hall–Kier alpha value is -2.36. The minimum atomic E-state index is -0.159. The summed E-state index contributed by atoms with van der Waals surface area (Å²) in [7, 11) is 1.72. The molecule has 0 heterocycles. The zero-order valence-electron chi connectivity index (χ0n) is 12.8. The van der Waals surface area contributed by atoms with Gasteiger partial charge in [-0.25, -0.2) is 0 Å². The van der Waals surface area contributed by atoms with Gasteiger partial charge in [0.05, 0.1) is 5.56 Å². The van der Waals surface area contributed by atoms with Gasteiger partial charge in [0.25, 0.3) is 5.91 Å². The van der Waals surface area contributed by atoms with Gasteiger partial charge in [-0.3, -0.25) is 9.59 Å². The van der Waals surface area contributed by atoms with Crippen LogP contribution >= 0.6 is 0 Å². The Labute approximate surface area is 126 Å². The number of rotatable bonds is 7. The molecule has 0 unspecified atom stereocenters. The number of aldehydes is 1. The van der Waals surface area contributed by atoms with E-state index in [0.717, 1.165) is 12.2 Å². The van der Waals surface area contributed by atoms with Crippen LogP contribution in [0.2, 0.25) is 0 Å². The lowest BCUT2D eigenvalue weighted by atomic mass is 10.1. The molecule has 0 aromatic heterocycles. The highest BCUT2D eigenvalue weighted by atomic mass is 16.2. The van der Waals surface area contributed by atoms with Crippen molar-refractivity contribution in [1.82, 2.24) is 10.2 Å². The largest absolute Gasteiger partial charge is 0.386 e. The molecule has 4 heteroatoms. The number of allylic oxidation sites excluding steroid dienone is 2. The first-order valence-corrected chi connectivity index (χ1v) is 7.00. The molecular formula is C17H22N2O2. The Balaban J connectivity index is 2.71. The molecule has 0 aliphatic rings. The van der Waals surface area contributed by atoms with Gasteiger partial charge in [-0.05, 0) is 26.0 Å². The Morgan fingerprint density at radius 2 is 2.05 bits per heavy atom. The van der Waals surface area contributed by atoms with Crippen LogP contribution in [0.1, 0.15) is 34.6 Å². The quantitative estimate of drug-likeness (QED) is 0.619. The number of nitrogens with zero attached hydrogens (tertiary/aromatic N) is 1. The lowest BCUT2D eigenvalue weighted by Gasteiger charge is -2.16. The molecule has 1 amide bonds. The number of hydrogen-bond acceptors (Lipinski definition) is 3. The van der Waals surface area contributed by atoms with Gasteiger partial charge in [0.15, 0.2) is 6.29 Å². The Bertz CT molecular complexity index is 547. The Morgan fingerprint density at radius 3 is 2.67 bits per heavy atom. The molecule has 0 radical (unpaired) electrons. The number of hydrogen-bond donors (Lipinski definition) is 1. The SMILES string of the molecule is C/C=C(/C=C/CN(C)C(=O)c1ccccc1C=O)NCC. The second kappa shape index (κ2) is 8.74. The van der Waals surface area contributed by atoms with Crippen molar-refractivity contribution in [1.29, 1.82) is 0 Å². The van der Waals surface area contributed by atoms with E-state index in [-0.39, 0.29) is 5.91 Å². The summed E-state index contributed by atoms with van der Waals surface area (Å²) in [6.45, 7) is 5.32. The fourth-order valence-electron chi connectivity index (χ4n) is 1.88. The standard InChI is InChI=1S/C17H22N2O2/c1-4-15(18-5-2)10-8-12-19(3)17(21)16-11-7-6-9-14(16)13-20/h4,6-11,13,18H,5,12H2,1-3H3/b10-8+,15-4-. The van der Waals surface area contributed by atoms with Crippen LogP contribution in [-0.2, 0) is 0 Å². The van der Waals surface area contributed by atoms with Gasteiger partial charge >= 0.3 is 0 Å². The monoisotopic (exact) mass is 286 g/mol. The second-order valence-electron chi connectivity index (χ2n) is 4.57. The van der Waals surface area contributed by atoms with Crippen molar-refractivity contribution < 1.29 is 9.59 Å². The van der Waals surface area contributed by atoms with Gasteiger partial charge in [0, 0.05) is 31.4 Å². The molecule has 21 heavy (non-hydrogen) atoms. The number of amides is 1. The molecule has 0 atom stereocenters. The van der Waals surface area contributed by atoms with E-state index in [9.17, 15) is 9.59 Å². The summed E-state index contributed by atoms with van der Waals surface area (Å²) >= 11 is 0. The van der Waals surface area contributed by atoms with Crippen LogP contribution in [0.25, 0.3) is 0 Å². The van der Waals surface area contributed by atoms with E-state index >= 15 is 0 Å². The number of nitrogens with one attached hydrogen (secondary N) is 1. The molecule has 0 spiro atoms.